The zero-order chi connectivity index (χ0) is 21.8. The molecule has 0 N–H and O–H groups in total. The van der Waals surface area contributed by atoms with Crippen molar-refractivity contribution in [1.82, 2.24) is 4.90 Å². The molecule has 5 atom stereocenters. The van der Waals surface area contributed by atoms with Gasteiger partial charge in [0.15, 0.2) is 0 Å². The molecule has 3 fully saturated rings. The van der Waals surface area contributed by atoms with E-state index >= 15 is 0 Å². The van der Waals surface area contributed by atoms with Crippen molar-refractivity contribution in [3.8, 4) is 0 Å². The summed E-state index contributed by atoms with van der Waals surface area (Å²) in [6.07, 6.45) is 7.44. The van der Waals surface area contributed by atoms with Gasteiger partial charge in [0.05, 0.1) is 5.92 Å². The second-order valence-electron chi connectivity index (χ2n) is 10.8. The lowest BCUT2D eigenvalue weighted by molar-refractivity contribution is -0.145. The van der Waals surface area contributed by atoms with E-state index in [2.05, 4.69) is 61.8 Å². The molecule has 2 aliphatic carbocycles. The predicted molar refractivity (Wildman–Crippen MR) is 125 cm³/mol. The normalized spacial score (nSPS) is 35.9. The molecule has 0 radical (unpaired) electrons. The van der Waals surface area contributed by atoms with Crippen LogP contribution in [0.1, 0.15) is 50.7 Å². The molecule has 1 aromatic rings. The summed E-state index contributed by atoms with van der Waals surface area (Å²) in [5.74, 6) is 0.965. The van der Waals surface area contributed by atoms with Gasteiger partial charge in [-0.1, -0.05) is 44.1 Å². The highest BCUT2D eigenvalue weighted by molar-refractivity contribution is 5.76. The number of esters is 1. The maximum absolute atomic E-state index is 12.9. The average molecular weight is 423 g/mol. The minimum atomic E-state index is 0.00318. The number of anilines is 1. The molecule has 4 nitrogen and oxygen atoms in total. The van der Waals surface area contributed by atoms with Gasteiger partial charge in [0.25, 0.3) is 0 Å². The van der Waals surface area contributed by atoms with Gasteiger partial charge in [-0.2, -0.15) is 0 Å². The van der Waals surface area contributed by atoms with Crippen molar-refractivity contribution in [2.45, 2.75) is 59.5 Å². The second kappa shape index (κ2) is 7.95. The van der Waals surface area contributed by atoms with E-state index in [1.165, 1.54) is 36.1 Å². The number of piperazine rings is 1. The monoisotopic (exact) mass is 422 g/mol. The maximum Gasteiger partial charge on any atom is 0.311 e. The van der Waals surface area contributed by atoms with E-state index in [1.807, 2.05) is 0 Å². The first-order valence-electron chi connectivity index (χ1n) is 12.3. The van der Waals surface area contributed by atoms with Gasteiger partial charge in [0.1, 0.15) is 6.10 Å². The first kappa shape index (κ1) is 21.1. The van der Waals surface area contributed by atoms with Gasteiger partial charge in [0.2, 0.25) is 0 Å². The van der Waals surface area contributed by atoms with Gasteiger partial charge in [-0.25, -0.2) is 0 Å². The molecule has 4 aliphatic rings. The highest BCUT2D eigenvalue weighted by Gasteiger charge is 2.52. The first-order valence-corrected chi connectivity index (χ1v) is 12.3. The number of benzene rings is 1. The van der Waals surface area contributed by atoms with Crippen molar-refractivity contribution >= 4 is 11.7 Å². The number of hydrogen-bond donors (Lipinski definition) is 0. The molecule has 1 saturated carbocycles. The molecule has 1 aromatic carbocycles. The van der Waals surface area contributed by atoms with E-state index in [0.29, 0.717) is 5.92 Å². The fraction of sp³-hybridized carbons (Fsp3) is 0.667. The summed E-state index contributed by atoms with van der Waals surface area (Å²) < 4.78 is 5.97. The third-order valence-corrected chi connectivity index (χ3v) is 8.83. The molecule has 2 aliphatic heterocycles. The molecule has 2 heterocycles. The van der Waals surface area contributed by atoms with Crippen molar-refractivity contribution in [3.63, 3.8) is 0 Å². The van der Waals surface area contributed by atoms with E-state index in [4.69, 9.17) is 4.74 Å². The molecule has 0 unspecified atom stereocenters. The third-order valence-electron chi connectivity index (χ3n) is 8.83. The number of fused-ring (bicyclic) bond motifs is 2. The maximum atomic E-state index is 12.9. The summed E-state index contributed by atoms with van der Waals surface area (Å²) in [5, 5.41) is 0. The predicted octanol–water partition coefficient (Wildman–Crippen LogP) is 4.74. The Bertz CT molecular complexity index is 885. The fourth-order valence-electron chi connectivity index (χ4n) is 6.79. The lowest BCUT2D eigenvalue weighted by Gasteiger charge is -2.46. The standard InChI is InChI=1S/C27H38N2O2/c1-18-7-5-9-24(20(18)3)29-13-11-28(12-14-29)17-22-21-15-23-19(2)8-6-10-27(23,4)16-25(21)31-26(22)30/h5,7,9,15,19,21-22,25H,6,8,10-14,16-17H2,1-4H3/t19-,21+,22+,25+,27+/m0/s1. The number of allylic oxidation sites excluding steroid dienone is 1. The topological polar surface area (TPSA) is 32.8 Å². The number of rotatable bonds is 3. The van der Waals surface area contributed by atoms with Crippen LogP contribution in [0.4, 0.5) is 5.69 Å². The van der Waals surface area contributed by atoms with E-state index in [9.17, 15) is 4.79 Å². The summed E-state index contributed by atoms with van der Waals surface area (Å²) in [7, 11) is 0. The smallest absolute Gasteiger partial charge is 0.311 e. The van der Waals surface area contributed by atoms with Crippen LogP contribution in [0.15, 0.2) is 29.8 Å². The van der Waals surface area contributed by atoms with Gasteiger partial charge < -0.3 is 9.64 Å². The largest absolute Gasteiger partial charge is 0.461 e. The highest BCUT2D eigenvalue weighted by atomic mass is 16.6. The summed E-state index contributed by atoms with van der Waals surface area (Å²) in [6.45, 7) is 14.1. The molecule has 0 amide bonds. The van der Waals surface area contributed by atoms with Crippen LogP contribution < -0.4 is 4.90 Å². The minimum Gasteiger partial charge on any atom is -0.461 e. The van der Waals surface area contributed by atoms with Crippen LogP contribution in [0.2, 0.25) is 0 Å². The Morgan fingerprint density at radius 1 is 1.16 bits per heavy atom. The molecular formula is C27H38N2O2. The number of nitrogens with zero attached hydrogens (tertiary/aromatic N) is 2. The van der Waals surface area contributed by atoms with E-state index in [1.54, 1.807) is 5.57 Å². The van der Waals surface area contributed by atoms with Gasteiger partial charge in [-0.15, -0.1) is 0 Å². The third kappa shape index (κ3) is 3.71. The molecule has 0 spiro atoms. The Labute approximate surface area is 187 Å². The van der Waals surface area contributed by atoms with E-state index < -0.39 is 0 Å². The van der Waals surface area contributed by atoms with E-state index in [-0.39, 0.29) is 29.3 Å². The van der Waals surface area contributed by atoms with Gasteiger partial charge in [-0.05, 0) is 61.6 Å². The Morgan fingerprint density at radius 3 is 2.71 bits per heavy atom. The molecule has 168 valence electrons. The van der Waals surface area contributed by atoms with Gasteiger partial charge in [0, 0.05) is 44.3 Å². The van der Waals surface area contributed by atoms with Crippen LogP contribution in [0.3, 0.4) is 0 Å². The molecule has 0 bridgehead atoms. The van der Waals surface area contributed by atoms with Crippen molar-refractivity contribution in [2.24, 2.45) is 23.2 Å². The molecule has 2 saturated heterocycles. The van der Waals surface area contributed by atoms with Crippen LogP contribution in [-0.2, 0) is 9.53 Å². The van der Waals surface area contributed by atoms with Crippen LogP contribution in [-0.4, -0.2) is 49.7 Å². The van der Waals surface area contributed by atoms with Gasteiger partial charge in [-0.3, -0.25) is 9.69 Å². The molecule has 31 heavy (non-hydrogen) atoms. The average Bonchev–Trinajstić information content (AvgIpc) is 3.03. The number of hydrogen-bond acceptors (Lipinski definition) is 4. The van der Waals surface area contributed by atoms with Crippen molar-refractivity contribution in [1.29, 1.82) is 0 Å². The number of aryl methyl sites for hydroxylation is 1. The zero-order valence-electron chi connectivity index (χ0n) is 19.7. The van der Waals surface area contributed by atoms with Crippen molar-refractivity contribution < 1.29 is 9.53 Å². The molecule has 5 rings (SSSR count). The van der Waals surface area contributed by atoms with Crippen LogP contribution in [0.5, 0.6) is 0 Å². The fourth-order valence-corrected chi connectivity index (χ4v) is 6.79. The van der Waals surface area contributed by atoms with E-state index in [0.717, 1.165) is 39.1 Å². The van der Waals surface area contributed by atoms with Crippen LogP contribution >= 0.6 is 0 Å². The number of ether oxygens (including phenoxy) is 1. The van der Waals surface area contributed by atoms with Crippen LogP contribution in [0, 0.1) is 37.0 Å². The van der Waals surface area contributed by atoms with Crippen molar-refractivity contribution in [3.05, 3.63) is 41.0 Å². The Hall–Kier alpha value is -1.81. The summed E-state index contributed by atoms with van der Waals surface area (Å²) >= 11 is 0. The first-order chi connectivity index (χ1) is 14.9. The summed E-state index contributed by atoms with van der Waals surface area (Å²) in [6, 6.07) is 6.59. The lowest BCUT2D eigenvalue weighted by atomic mass is 9.59. The lowest BCUT2D eigenvalue weighted by Crippen LogP contribution is -2.49. The van der Waals surface area contributed by atoms with Crippen molar-refractivity contribution in [2.75, 3.05) is 37.6 Å². The Morgan fingerprint density at radius 2 is 1.94 bits per heavy atom. The SMILES string of the molecule is Cc1cccc(N2CCN(C[C@H]3C(=O)O[C@@H]4C[C@@]5(C)CCC[C@H](C)C5=C[C@@H]43)CC2)c1C. The number of carbonyl (C=O) groups is 1. The van der Waals surface area contributed by atoms with Gasteiger partial charge >= 0.3 is 5.97 Å². The summed E-state index contributed by atoms with van der Waals surface area (Å²) in [5.41, 5.74) is 5.96. The molecule has 4 heteroatoms. The highest BCUT2D eigenvalue weighted by Crippen LogP contribution is 2.54. The summed E-state index contributed by atoms with van der Waals surface area (Å²) in [4.78, 5) is 17.9. The second-order valence-corrected chi connectivity index (χ2v) is 10.8. The Balaban J connectivity index is 1.27. The number of carbonyl (C=O) groups excluding carboxylic acids is 1. The molecular weight excluding hydrogens is 384 g/mol. The molecule has 0 aromatic heterocycles. The minimum absolute atomic E-state index is 0.00318. The zero-order valence-corrected chi connectivity index (χ0v) is 19.7. The Kier molecular flexibility index (Phi) is 5.40. The quantitative estimate of drug-likeness (QED) is 0.520. The van der Waals surface area contributed by atoms with Crippen LogP contribution in [0.25, 0.3) is 0 Å².